The lowest BCUT2D eigenvalue weighted by Gasteiger charge is -2.32. The van der Waals surface area contributed by atoms with Crippen LogP contribution < -0.4 is 0 Å². The molecule has 5 nitrogen and oxygen atoms in total. The van der Waals surface area contributed by atoms with Crippen LogP contribution in [0.2, 0.25) is 5.02 Å². The molecular weight excluding hydrogens is 386 g/mol. The summed E-state index contributed by atoms with van der Waals surface area (Å²) in [5, 5.41) is 10.1. The molecule has 1 atom stereocenters. The Morgan fingerprint density at radius 2 is 2.00 bits per heavy atom. The molecule has 0 aliphatic rings. The van der Waals surface area contributed by atoms with Gasteiger partial charge < -0.3 is 9.84 Å². The average Bonchev–Trinajstić information content (AvgIpc) is 2.38. The second-order valence-electron chi connectivity index (χ2n) is 6.08. The summed E-state index contributed by atoms with van der Waals surface area (Å²) >= 11 is 9.23. The summed E-state index contributed by atoms with van der Waals surface area (Å²) in [6, 6.07) is 3.64. The van der Waals surface area contributed by atoms with Crippen molar-refractivity contribution in [2.24, 2.45) is 0 Å². The molecule has 0 bridgehead atoms. The highest BCUT2D eigenvalue weighted by atomic mass is 79.9. The fourth-order valence-electron chi connectivity index (χ4n) is 2.04. The van der Waals surface area contributed by atoms with E-state index in [2.05, 4.69) is 15.9 Å². The van der Waals surface area contributed by atoms with Crippen molar-refractivity contribution in [1.82, 2.24) is 4.90 Å². The van der Waals surface area contributed by atoms with Gasteiger partial charge in [0, 0.05) is 21.6 Å². The molecule has 0 aliphatic carbocycles. The van der Waals surface area contributed by atoms with Crippen molar-refractivity contribution < 1.29 is 19.4 Å². The Balaban J connectivity index is 3.26. The van der Waals surface area contributed by atoms with Gasteiger partial charge in [-0.25, -0.2) is 9.59 Å². The van der Waals surface area contributed by atoms with Gasteiger partial charge >= 0.3 is 12.1 Å². The Morgan fingerprint density at radius 3 is 2.43 bits per heavy atom. The lowest BCUT2D eigenvalue weighted by atomic mass is 10.1. The molecule has 0 spiro atoms. The molecule has 7 heteroatoms. The number of carboxylic acids is 1. The lowest BCUT2D eigenvalue weighted by molar-refractivity contribution is -0.143. The van der Waals surface area contributed by atoms with Gasteiger partial charge in [-0.15, -0.1) is 0 Å². The summed E-state index contributed by atoms with van der Waals surface area (Å²) in [5.74, 6) is -1.13. The topological polar surface area (TPSA) is 66.8 Å². The number of ether oxygens (including phenoxy) is 1. The van der Waals surface area contributed by atoms with E-state index in [9.17, 15) is 14.7 Å². The average molecular weight is 407 g/mol. The maximum absolute atomic E-state index is 12.4. The number of carboxylic acid groups (broad SMARTS) is 1. The van der Waals surface area contributed by atoms with Gasteiger partial charge in [0.15, 0.2) is 6.04 Å². The quantitative estimate of drug-likeness (QED) is 0.757. The highest BCUT2D eigenvalue weighted by Gasteiger charge is 2.34. The molecule has 1 aromatic carbocycles. The summed E-state index contributed by atoms with van der Waals surface area (Å²) in [6.07, 6.45) is -0.0533. The van der Waals surface area contributed by atoms with Gasteiger partial charge in [-0.05, 0) is 39.3 Å². The number of hydrogen-bond acceptors (Lipinski definition) is 3. The van der Waals surface area contributed by atoms with Crippen molar-refractivity contribution in [1.29, 1.82) is 0 Å². The van der Waals surface area contributed by atoms with Crippen molar-refractivity contribution in [3.63, 3.8) is 0 Å². The standard InChI is InChI=1S/C16H21BrClNO4/c1-5-8-19(15(22)23-16(2,3)4)13(14(20)21)11-7-6-10(18)9-12(11)17/h6-7,9,13H,5,8H2,1-4H3,(H,20,21). The van der Waals surface area contributed by atoms with Crippen LogP contribution in [0.15, 0.2) is 22.7 Å². The number of hydrogen-bond donors (Lipinski definition) is 1. The molecule has 0 aliphatic heterocycles. The van der Waals surface area contributed by atoms with Crippen LogP contribution in [0.3, 0.4) is 0 Å². The molecule has 1 aromatic rings. The number of nitrogens with zero attached hydrogens (tertiary/aromatic N) is 1. The van der Waals surface area contributed by atoms with E-state index in [1.54, 1.807) is 39.0 Å². The minimum absolute atomic E-state index is 0.265. The first-order chi connectivity index (χ1) is 10.6. The molecule has 23 heavy (non-hydrogen) atoms. The third-order valence-corrected chi connectivity index (χ3v) is 3.82. The van der Waals surface area contributed by atoms with Gasteiger partial charge in [0.05, 0.1) is 0 Å². The SMILES string of the molecule is CCCN(C(=O)OC(C)(C)C)C(C(=O)O)c1ccc(Cl)cc1Br. The molecule has 1 N–H and O–H groups in total. The Kier molecular flexibility index (Phi) is 6.89. The summed E-state index contributed by atoms with van der Waals surface area (Å²) in [7, 11) is 0. The monoisotopic (exact) mass is 405 g/mol. The molecular formula is C16H21BrClNO4. The Labute approximate surface area is 149 Å². The van der Waals surface area contributed by atoms with Crippen molar-refractivity contribution in [3.05, 3.63) is 33.3 Å². The minimum Gasteiger partial charge on any atom is -0.479 e. The van der Waals surface area contributed by atoms with Gasteiger partial charge in [-0.2, -0.15) is 0 Å². The number of benzene rings is 1. The molecule has 1 unspecified atom stereocenters. The molecule has 0 saturated carbocycles. The van der Waals surface area contributed by atoms with Crippen LogP contribution in [0.25, 0.3) is 0 Å². The lowest BCUT2D eigenvalue weighted by Crippen LogP contribution is -2.42. The van der Waals surface area contributed by atoms with Crippen molar-refractivity contribution in [2.75, 3.05) is 6.54 Å². The molecule has 1 amide bonds. The number of amides is 1. The highest BCUT2D eigenvalue weighted by Crippen LogP contribution is 2.31. The molecule has 0 radical (unpaired) electrons. The number of rotatable bonds is 5. The van der Waals surface area contributed by atoms with E-state index in [1.807, 2.05) is 6.92 Å². The second kappa shape index (κ2) is 8.02. The fourth-order valence-corrected chi connectivity index (χ4v) is 2.94. The van der Waals surface area contributed by atoms with E-state index >= 15 is 0 Å². The predicted molar refractivity (Wildman–Crippen MR) is 92.8 cm³/mol. The number of carbonyl (C=O) groups excluding carboxylic acids is 1. The summed E-state index contributed by atoms with van der Waals surface area (Å²) < 4.78 is 5.88. The van der Waals surface area contributed by atoms with Gasteiger partial charge in [-0.3, -0.25) is 4.90 Å². The van der Waals surface area contributed by atoms with Crippen LogP contribution in [0.5, 0.6) is 0 Å². The molecule has 0 fully saturated rings. The molecule has 1 rings (SSSR count). The first kappa shape index (κ1) is 19.8. The van der Waals surface area contributed by atoms with E-state index in [0.29, 0.717) is 21.5 Å². The van der Waals surface area contributed by atoms with Crippen LogP contribution in [0.1, 0.15) is 45.7 Å². The number of aliphatic carboxylic acids is 1. The van der Waals surface area contributed by atoms with E-state index in [4.69, 9.17) is 16.3 Å². The zero-order chi connectivity index (χ0) is 17.8. The van der Waals surface area contributed by atoms with Crippen molar-refractivity contribution in [2.45, 2.75) is 45.8 Å². The van der Waals surface area contributed by atoms with Gasteiger partial charge in [-0.1, -0.05) is 40.5 Å². The summed E-state index contributed by atoms with van der Waals surface area (Å²) in [5.41, 5.74) is -0.259. The van der Waals surface area contributed by atoms with E-state index in [-0.39, 0.29) is 6.54 Å². The Morgan fingerprint density at radius 1 is 1.39 bits per heavy atom. The molecule has 128 valence electrons. The predicted octanol–water partition coefficient (Wildman–Crippen LogP) is 4.88. The largest absolute Gasteiger partial charge is 0.479 e. The third-order valence-electron chi connectivity index (χ3n) is 2.90. The van der Waals surface area contributed by atoms with Crippen molar-refractivity contribution in [3.8, 4) is 0 Å². The van der Waals surface area contributed by atoms with Crippen LogP contribution in [0, 0.1) is 0 Å². The third kappa shape index (κ3) is 5.70. The highest BCUT2D eigenvalue weighted by molar-refractivity contribution is 9.10. The first-order valence-electron chi connectivity index (χ1n) is 7.24. The van der Waals surface area contributed by atoms with Gasteiger partial charge in [0.2, 0.25) is 0 Å². The zero-order valence-electron chi connectivity index (χ0n) is 13.6. The number of halogens is 2. The Hall–Kier alpha value is -1.27. The minimum atomic E-state index is -1.16. The second-order valence-corrected chi connectivity index (χ2v) is 7.37. The van der Waals surface area contributed by atoms with Crippen LogP contribution in [-0.2, 0) is 9.53 Å². The van der Waals surface area contributed by atoms with Gasteiger partial charge in [0.25, 0.3) is 0 Å². The summed E-state index contributed by atoms with van der Waals surface area (Å²) in [6.45, 7) is 7.35. The molecule has 0 heterocycles. The van der Waals surface area contributed by atoms with Crippen LogP contribution >= 0.6 is 27.5 Å². The van der Waals surface area contributed by atoms with E-state index in [0.717, 1.165) is 0 Å². The van der Waals surface area contributed by atoms with E-state index < -0.39 is 23.7 Å². The normalized spacial score (nSPS) is 12.6. The van der Waals surface area contributed by atoms with E-state index in [1.165, 1.54) is 4.90 Å². The number of carbonyl (C=O) groups is 2. The van der Waals surface area contributed by atoms with Crippen LogP contribution in [-0.4, -0.2) is 34.2 Å². The Bertz CT molecular complexity index is 586. The van der Waals surface area contributed by atoms with Crippen LogP contribution in [0.4, 0.5) is 4.79 Å². The maximum Gasteiger partial charge on any atom is 0.411 e. The maximum atomic E-state index is 12.4. The zero-order valence-corrected chi connectivity index (χ0v) is 15.9. The molecule has 0 saturated heterocycles. The summed E-state index contributed by atoms with van der Waals surface area (Å²) in [4.78, 5) is 25.5. The first-order valence-corrected chi connectivity index (χ1v) is 8.41. The molecule has 0 aromatic heterocycles. The van der Waals surface area contributed by atoms with Crippen molar-refractivity contribution >= 4 is 39.6 Å². The van der Waals surface area contributed by atoms with Gasteiger partial charge in [0.1, 0.15) is 5.60 Å². The smallest absolute Gasteiger partial charge is 0.411 e. The fraction of sp³-hybridized carbons (Fsp3) is 0.500.